The molecule has 2 aromatic rings. The predicted octanol–water partition coefficient (Wildman–Crippen LogP) is 1.47. The summed E-state index contributed by atoms with van der Waals surface area (Å²) in [6.07, 6.45) is 0.318. The van der Waals surface area contributed by atoms with E-state index in [0.29, 0.717) is 11.3 Å². The number of amides is 2. The Balaban J connectivity index is 1.71. The van der Waals surface area contributed by atoms with E-state index < -0.39 is 34.0 Å². The second-order valence-electron chi connectivity index (χ2n) is 8.64. The van der Waals surface area contributed by atoms with Crippen molar-refractivity contribution in [3.63, 3.8) is 0 Å². The van der Waals surface area contributed by atoms with Crippen LogP contribution in [0.4, 0.5) is 10.5 Å². The van der Waals surface area contributed by atoms with Crippen molar-refractivity contribution >= 4 is 33.5 Å². The van der Waals surface area contributed by atoms with Crippen molar-refractivity contribution in [2.75, 3.05) is 38.2 Å². The maximum atomic E-state index is 12.5. The summed E-state index contributed by atoms with van der Waals surface area (Å²) in [5.41, 5.74) is 7.56. The number of likely N-dealkylation sites (tertiary alicyclic amines) is 1. The summed E-state index contributed by atoms with van der Waals surface area (Å²) in [5.74, 6) is -0.833. The molecule has 0 spiro atoms. The first-order chi connectivity index (χ1) is 18.0. The monoisotopic (exact) mass is 549 g/mol. The molecule has 2 amide bonds. The minimum absolute atomic E-state index is 0.0225. The second-order valence-corrected chi connectivity index (χ2v) is 10.9. The van der Waals surface area contributed by atoms with E-state index in [2.05, 4.69) is 5.32 Å². The Morgan fingerprint density at radius 2 is 1.82 bits per heavy atom. The van der Waals surface area contributed by atoms with Crippen LogP contribution in [0.15, 0.2) is 42.5 Å². The van der Waals surface area contributed by atoms with Crippen LogP contribution in [0.1, 0.15) is 17.5 Å². The fourth-order valence-corrected chi connectivity index (χ4v) is 4.24. The Kier molecular flexibility index (Phi) is 9.53. The number of rotatable bonds is 12. The van der Waals surface area contributed by atoms with Crippen molar-refractivity contribution < 1.29 is 41.7 Å². The Hall–Kier alpha value is -3.84. The lowest BCUT2D eigenvalue weighted by Crippen LogP contribution is -2.62. The lowest BCUT2D eigenvalue weighted by Gasteiger charge is -2.43. The molecule has 0 bridgehead atoms. The van der Waals surface area contributed by atoms with Gasteiger partial charge in [-0.1, -0.05) is 30.3 Å². The Morgan fingerprint density at radius 3 is 2.42 bits per heavy atom. The molecule has 0 saturated carbocycles. The molecule has 1 aliphatic rings. The van der Waals surface area contributed by atoms with Crippen LogP contribution in [0, 0.1) is 0 Å². The summed E-state index contributed by atoms with van der Waals surface area (Å²) >= 11 is 0. The quantitative estimate of drug-likeness (QED) is 0.293. The molecule has 0 radical (unpaired) electrons. The van der Waals surface area contributed by atoms with Gasteiger partial charge in [-0.25, -0.2) is 13.2 Å². The molecule has 3 rings (SSSR count). The number of ether oxygens (including phenoxy) is 4. The molecule has 2 unspecified atom stereocenters. The summed E-state index contributed by atoms with van der Waals surface area (Å²) in [6.45, 7) is -0.248. The lowest BCUT2D eigenvalue weighted by molar-refractivity contribution is -0.156. The first kappa shape index (κ1) is 28.7. The third-order valence-electron chi connectivity index (χ3n) is 5.90. The molecule has 1 aliphatic heterocycles. The first-order valence-electron chi connectivity index (χ1n) is 11.6. The number of carbonyl (C=O) groups excluding carboxylic acids is 3. The molecule has 3 N–H and O–H groups in total. The van der Waals surface area contributed by atoms with Crippen LogP contribution in [0.2, 0.25) is 0 Å². The molecule has 206 valence electrons. The van der Waals surface area contributed by atoms with Gasteiger partial charge in [-0.15, -0.1) is 0 Å². The van der Waals surface area contributed by atoms with Crippen molar-refractivity contribution in [2.45, 2.75) is 31.7 Å². The van der Waals surface area contributed by atoms with Crippen LogP contribution in [0.25, 0.3) is 0 Å². The smallest absolute Gasteiger partial charge is 0.412 e. The fraction of sp³-hybridized carbons (Fsp3) is 0.400. The zero-order valence-corrected chi connectivity index (χ0v) is 22.2. The highest BCUT2D eigenvalue weighted by Gasteiger charge is 2.43. The minimum atomic E-state index is -3.31. The molecule has 1 saturated heterocycles. The van der Waals surface area contributed by atoms with E-state index in [-0.39, 0.29) is 49.3 Å². The number of methoxy groups -OCH3 is 2. The maximum Gasteiger partial charge on any atom is 0.412 e. The van der Waals surface area contributed by atoms with Crippen LogP contribution in [-0.4, -0.2) is 76.2 Å². The third kappa shape index (κ3) is 7.35. The van der Waals surface area contributed by atoms with Crippen LogP contribution in [-0.2, 0) is 42.1 Å². The average molecular weight is 550 g/mol. The van der Waals surface area contributed by atoms with Gasteiger partial charge in [-0.05, 0) is 17.7 Å². The number of β-lactam (4-membered cyclic amide) rings is 1. The number of nitrogens with zero attached hydrogens (tertiary/aromatic N) is 1. The van der Waals surface area contributed by atoms with E-state index in [0.717, 1.165) is 11.8 Å². The van der Waals surface area contributed by atoms with Gasteiger partial charge in [0.25, 0.3) is 0 Å². The molecule has 13 heteroatoms. The van der Waals surface area contributed by atoms with Gasteiger partial charge in [0, 0.05) is 24.8 Å². The molecule has 2 atom stereocenters. The number of nitrogens with one attached hydrogen (secondary N) is 1. The lowest BCUT2D eigenvalue weighted by atomic mass is 9.93. The van der Waals surface area contributed by atoms with Gasteiger partial charge in [0.15, 0.2) is 15.6 Å². The average Bonchev–Trinajstić information content (AvgIpc) is 2.88. The van der Waals surface area contributed by atoms with Gasteiger partial charge in [-0.3, -0.25) is 14.9 Å². The number of benzene rings is 2. The largest absolute Gasteiger partial charge is 0.494 e. The standard InChI is InChI=1S/C25H31N3O9S/c1-34-19-10-9-17(23(35-2)22(19)27-25(31)37-15-16-7-5-4-6-8-16)14-28-18(13-20(28)29)21(26)24(30)36-11-12-38(3,32)33/h4-10,18,21H,11-15,26H2,1-3H3,(H,27,31). The Morgan fingerprint density at radius 1 is 1.11 bits per heavy atom. The summed E-state index contributed by atoms with van der Waals surface area (Å²) in [6, 6.07) is 10.6. The molecule has 1 fully saturated rings. The normalized spacial score (nSPS) is 15.7. The number of anilines is 1. The van der Waals surface area contributed by atoms with Crippen molar-refractivity contribution in [2.24, 2.45) is 5.73 Å². The number of hydrogen-bond acceptors (Lipinski definition) is 10. The topological polar surface area (TPSA) is 164 Å². The number of hydrogen-bond donors (Lipinski definition) is 2. The number of sulfone groups is 1. The predicted molar refractivity (Wildman–Crippen MR) is 137 cm³/mol. The molecule has 12 nitrogen and oxygen atoms in total. The first-order valence-corrected chi connectivity index (χ1v) is 13.7. The van der Waals surface area contributed by atoms with Gasteiger partial charge >= 0.3 is 12.1 Å². The maximum absolute atomic E-state index is 12.5. The van der Waals surface area contributed by atoms with E-state index in [1.54, 1.807) is 12.1 Å². The highest BCUT2D eigenvalue weighted by Crippen LogP contribution is 2.39. The zero-order chi connectivity index (χ0) is 27.9. The van der Waals surface area contributed by atoms with Gasteiger partial charge in [0.1, 0.15) is 30.7 Å². The summed E-state index contributed by atoms with van der Waals surface area (Å²) < 4.78 is 43.7. The summed E-state index contributed by atoms with van der Waals surface area (Å²) in [7, 11) is -0.477. The van der Waals surface area contributed by atoms with Crippen LogP contribution in [0.5, 0.6) is 11.5 Å². The number of esters is 1. The van der Waals surface area contributed by atoms with Crippen LogP contribution in [0.3, 0.4) is 0 Å². The van der Waals surface area contributed by atoms with Crippen molar-refractivity contribution in [1.82, 2.24) is 4.90 Å². The van der Waals surface area contributed by atoms with Gasteiger partial charge in [-0.2, -0.15) is 0 Å². The molecule has 2 aromatic carbocycles. The number of carbonyl (C=O) groups is 3. The minimum Gasteiger partial charge on any atom is -0.494 e. The van der Waals surface area contributed by atoms with Crippen LogP contribution < -0.4 is 20.5 Å². The molecular weight excluding hydrogens is 518 g/mol. The Bertz CT molecular complexity index is 1270. The molecule has 38 heavy (non-hydrogen) atoms. The third-order valence-corrected chi connectivity index (χ3v) is 6.80. The second kappa shape index (κ2) is 12.6. The van der Waals surface area contributed by atoms with Crippen molar-refractivity contribution in [3.05, 3.63) is 53.6 Å². The molecule has 0 aromatic heterocycles. The highest BCUT2D eigenvalue weighted by molar-refractivity contribution is 7.90. The SMILES string of the molecule is COc1ccc(CN2C(=O)CC2C(N)C(=O)OCCS(C)(=O)=O)c(OC)c1NC(=O)OCc1ccccc1. The van der Waals surface area contributed by atoms with Gasteiger partial charge in [0.2, 0.25) is 5.91 Å². The summed E-state index contributed by atoms with van der Waals surface area (Å²) in [5, 5.41) is 2.64. The zero-order valence-electron chi connectivity index (χ0n) is 21.3. The fourth-order valence-electron chi connectivity index (χ4n) is 3.85. The van der Waals surface area contributed by atoms with E-state index in [9.17, 15) is 22.8 Å². The van der Waals surface area contributed by atoms with Crippen molar-refractivity contribution in [3.8, 4) is 11.5 Å². The van der Waals surface area contributed by atoms with E-state index >= 15 is 0 Å². The molecular formula is C25H31N3O9S. The van der Waals surface area contributed by atoms with Gasteiger partial charge in [0.05, 0.1) is 26.0 Å². The van der Waals surface area contributed by atoms with Crippen molar-refractivity contribution in [1.29, 1.82) is 0 Å². The van der Waals surface area contributed by atoms with Crippen LogP contribution >= 0.6 is 0 Å². The van der Waals surface area contributed by atoms with E-state index in [1.165, 1.54) is 19.1 Å². The van der Waals surface area contributed by atoms with E-state index in [1.807, 2.05) is 30.3 Å². The van der Waals surface area contributed by atoms with E-state index in [4.69, 9.17) is 24.7 Å². The Labute approximate surface area is 220 Å². The van der Waals surface area contributed by atoms with Gasteiger partial charge < -0.3 is 29.6 Å². The summed E-state index contributed by atoms with van der Waals surface area (Å²) in [4.78, 5) is 38.7. The number of nitrogens with two attached hydrogens (primary N) is 1. The highest BCUT2D eigenvalue weighted by atomic mass is 32.2. The molecule has 1 heterocycles. The molecule has 0 aliphatic carbocycles.